The number of esters is 1. The van der Waals surface area contributed by atoms with E-state index in [4.69, 9.17) is 28.4 Å². The predicted octanol–water partition coefficient (Wildman–Crippen LogP) is 11.2. The molecule has 6 aromatic carbocycles. The van der Waals surface area contributed by atoms with Gasteiger partial charge in [0.15, 0.2) is 5.60 Å². The minimum atomic E-state index is -0.990. The van der Waals surface area contributed by atoms with Crippen molar-refractivity contribution in [2.24, 2.45) is 5.92 Å². The van der Waals surface area contributed by atoms with Crippen molar-refractivity contribution < 1.29 is 43.1 Å². The third kappa shape index (κ3) is 8.43. The molecule has 0 spiro atoms. The van der Waals surface area contributed by atoms with Crippen LogP contribution in [0.4, 0.5) is 16.2 Å². The number of benzene rings is 6. The first-order valence-electron chi connectivity index (χ1n) is 23.9. The summed E-state index contributed by atoms with van der Waals surface area (Å²) in [5.41, 5.74) is 10.3. The number of methoxy groups -OCH3 is 1. The molecule has 0 bridgehead atoms. The van der Waals surface area contributed by atoms with Crippen LogP contribution in [0.5, 0.6) is 17.2 Å². The van der Waals surface area contributed by atoms with E-state index in [1.54, 1.807) is 14.0 Å². The zero-order valence-corrected chi connectivity index (χ0v) is 39.7. The lowest BCUT2D eigenvalue weighted by atomic mass is 9.76. The standard InChI is InChI=1S/C58H58N2O9/c1-37(2)55(62)66-30-31-67-56(63)68-36-38-12-11-25-60(35-38)49-33-46-47(34-50(49)61)54-45(53-52(46)44-22-17-39(32-48(44)57(53,3)4)43-15-9-10-16-51(43)64-5)23-24-58(69-54,40-13-7-6-8-14-40)41-18-20-42(21-19-41)59-26-28-65-29-27-59/h6-10,13-24,32-34,38,61H,1,11-12,25-31,35-36H2,2-5H3. The summed E-state index contributed by atoms with van der Waals surface area (Å²) in [5, 5.41) is 14.0. The molecule has 3 heterocycles. The summed E-state index contributed by atoms with van der Waals surface area (Å²) >= 11 is 0. The number of carbonyl (C=O) groups excluding carboxylic acids is 2. The molecule has 0 aromatic heterocycles. The molecule has 2 fully saturated rings. The Balaban J connectivity index is 1.06. The van der Waals surface area contributed by atoms with E-state index in [9.17, 15) is 14.7 Å². The Bertz CT molecular complexity index is 2970. The highest BCUT2D eigenvalue weighted by Gasteiger charge is 2.45. The SMILES string of the molecule is C=C(C)C(=O)OCCOC(=O)OCC1CCCN(c2cc3c4c(c5c(c3cc2O)OC(c2ccccc2)(c2ccc(N3CCOCC3)cc2)C=C5)C(C)(C)c2cc(-c3ccccc3OC)ccc2-4)C1. The first-order valence-corrected chi connectivity index (χ1v) is 23.9. The van der Waals surface area contributed by atoms with Gasteiger partial charge in [0.1, 0.15) is 30.5 Å². The summed E-state index contributed by atoms with van der Waals surface area (Å²) in [7, 11) is 1.71. The molecule has 2 atom stereocenters. The Morgan fingerprint density at radius 3 is 2.32 bits per heavy atom. The number of piperidine rings is 1. The van der Waals surface area contributed by atoms with Crippen molar-refractivity contribution in [2.45, 2.75) is 44.6 Å². The Morgan fingerprint density at radius 1 is 0.812 bits per heavy atom. The Kier molecular flexibility index (Phi) is 12.3. The van der Waals surface area contributed by atoms with Crippen LogP contribution in [0.2, 0.25) is 0 Å². The number of morpholine rings is 1. The Labute approximate surface area is 403 Å². The molecule has 2 saturated heterocycles. The number of phenolic OH excluding ortho intramolecular Hbond substituents is 1. The van der Waals surface area contributed by atoms with Gasteiger partial charge >= 0.3 is 12.1 Å². The average molecular weight is 927 g/mol. The molecular formula is C58H58N2O9. The van der Waals surface area contributed by atoms with Crippen molar-refractivity contribution in [3.63, 3.8) is 0 Å². The highest BCUT2D eigenvalue weighted by atomic mass is 16.7. The number of nitrogens with zero attached hydrogens (tertiary/aromatic N) is 2. The maximum atomic E-state index is 12.6. The smallest absolute Gasteiger partial charge is 0.506 e. The second-order valence-electron chi connectivity index (χ2n) is 18.9. The highest BCUT2D eigenvalue weighted by molar-refractivity contribution is 6.10. The number of hydrogen-bond acceptors (Lipinski definition) is 11. The van der Waals surface area contributed by atoms with Gasteiger partial charge in [-0.15, -0.1) is 0 Å². The fourth-order valence-corrected chi connectivity index (χ4v) is 10.7. The minimum absolute atomic E-state index is 0.0143. The summed E-state index contributed by atoms with van der Waals surface area (Å²) in [6.45, 7) is 14.0. The zero-order chi connectivity index (χ0) is 47.9. The van der Waals surface area contributed by atoms with Crippen LogP contribution in [0.15, 0.2) is 127 Å². The molecule has 1 N–H and O–H groups in total. The van der Waals surface area contributed by atoms with Crippen LogP contribution < -0.4 is 19.3 Å². The molecule has 0 amide bonds. The second kappa shape index (κ2) is 18.7. The number of carbonyl (C=O) groups is 2. The van der Waals surface area contributed by atoms with Crippen LogP contribution in [0.1, 0.15) is 61.4 Å². The zero-order valence-electron chi connectivity index (χ0n) is 39.7. The summed E-state index contributed by atoms with van der Waals surface area (Å²) in [4.78, 5) is 28.8. The highest BCUT2D eigenvalue weighted by Crippen LogP contribution is 2.60. The van der Waals surface area contributed by atoms with Crippen LogP contribution in [-0.2, 0) is 34.8 Å². The molecule has 11 heteroatoms. The lowest BCUT2D eigenvalue weighted by Gasteiger charge is -2.39. The van der Waals surface area contributed by atoms with E-state index < -0.39 is 23.1 Å². The quantitative estimate of drug-likeness (QED) is 0.0718. The fourth-order valence-electron chi connectivity index (χ4n) is 10.7. The summed E-state index contributed by atoms with van der Waals surface area (Å²) in [6.07, 6.45) is 5.30. The molecule has 0 saturated carbocycles. The van der Waals surface area contributed by atoms with E-state index in [2.05, 4.69) is 109 Å². The number of fused-ring (bicyclic) bond motifs is 8. The van der Waals surface area contributed by atoms with Crippen LogP contribution in [0, 0.1) is 5.92 Å². The maximum Gasteiger partial charge on any atom is 0.508 e. The van der Waals surface area contributed by atoms with Gasteiger partial charge in [-0.2, -0.15) is 0 Å². The van der Waals surface area contributed by atoms with Crippen molar-refractivity contribution in [2.75, 3.05) is 76.1 Å². The van der Waals surface area contributed by atoms with E-state index in [-0.39, 0.29) is 37.1 Å². The van der Waals surface area contributed by atoms with Crippen LogP contribution >= 0.6 is 0 Å². The molecule has 6 aromatic rings. The minimum Gasteiger partial charge on any atom is -0.506 e. The van der Waals surface area contributed by atoms with Crippen LogP contribution in [-0.4, -0.2) is 83.6 Å². The molecule has 3 aliphatic heterocycles. The van der Waals surface area contributed by atoms with Gasteiger partial charge in [0.05, 0.1) is 32.6 Å². The molecule has 0 radical (unpaired) electrons. The molecule has 11 nitrogen and oxygen atoms in total. The van der Waals surface area contributed by atoms with Crippen molar-refractivity contribution in [3.05, 3.63) is 155 Å². The molecule has 1 aliphatic carbocycles. The van der Waals surface area contributed by atoms with Crippen molar-refractivity contribution in [1.29, 1.82) is 0 Å². The molecule has 2 unspecified atom stereocenters. The van der Waals surface area contributed by atoms with Gasteiger partial charge in [-0.25, -0.2) is 9.59 Å². The van der Waals surface area contributed by atoms with Gasteiger partial charge in [-0.05, 0) is 95.4 Å². The number of phenols is 1. The first-order chi connectivity index (χ1) is 33.5. The topological polar surface area (TPSA) is 116 Å². The number of aromatic hydroxyl groups is 1. The number of para-hydroxylation sites is 1. The van der Waals surface area contributed by atoms with Gasteiger partial charge in [0.2, 0.25) is 0 Å². The lowest BCUT2D eigenvalue weighted by molar-refractivity contribution is -0.140. The summed E-state index contributed by atoms with van der Waals surface area (Å²) in [6, 6.07) is 37.9. The maximum absolute atomic E-state index is 12.6. The third-order valence-electron chi connectivity index (χ3n) is 14.2. The van der Waals surface area contributed by atoms with Crippen LogP contribution in [0.3, 0.4) is 0 Å². The monoisotopic (exact) mass is 926 g/mol. The molecular weight excluding hydrogens is 869 g/mol. The second-order valence-corrected chi connectivity index (χ2v) is 18.9. The van der Waals surface area contributed by atoms with Crippen molar-refractivity contribution in [1.82, 2.24) is 0 Å². The number of hydrogen-bond donors (Lipinski definition) is 1. The third-order valence-corrected chi connectivity index (χ3v) is 14.2. The van der Waals surface area contributed by atoms with Gasteiger partial charge in [-0.3, -0.25) is 0 Å². The van der Waals surface area contributed by atoms with Crippen molar-refractivity contribution in [3.8, 4) is 39.5 Å². The number of ether oxygens (including phenoxy) is 6. The van der Waals surface area contributed by atoms with Gasteiger partial charge < -0.3 is 43.3 Å². The van der Waals surface area contributed by atoms with Gasteiger partial charge in [0, 0.05) is 76.4 Å². The molecule has 354 valence electrons. The lowest BCUT2D eigenvalue weighted by Crippen LogP contribution is -2.37. The van der Waals surface area contributed by atoms with Crippen LogP contribution in [0.25, 0.3) is 39.1 Å². The fraction of sp³-hybridized carbons (Fsp3) is 0.310. The van der Waals surface area contributed by atoms with Crippen molar-refractivity contribution >= 4 is 40.3 Å². The molecule has 10 rings (SSSR count). The number of rotatable bonds is 12. The Hall–Kier alpha value is -7.24. The normalized spacial score (nSPS) is 18.9. The first kappa shape index (κ1) is 45.5. The largest absolute Gasteiger partial charge is 0.508 e. The number of anilines is 2. The Morgan fingerprint density at radius 2 is 1.55 bits per heavy atom. The summed E-state index contributed by atoms with van der Waals surface area (Å²) < 4.78 is 34.9. The van der Waals surface area contributed by atoms with Gasteiger partial charge in [-0.1, -0.05) is 99.3 Å². The van der Waals surface area contributed by atoms with E-state index >= 15 is 0 Å². The molecule has 4 aliphatic rings. The van der Waals surface area contributed by atoms with E-state index in [0.29, 0.717) is 37.7 Å². The molecule has 69 heavy (non-hydrogen) atoms. The van der Waals surface area contributed by atoms with E-state index in [1.807, 2.05) is 42.5 Å². The average Bonchev–Trinajstić information content (AvgIpc) is 3.62. The predicted molar refractivity (Wildman–Crippen MR) is 270 cm³/mol. The van der Waals surface area contributed by atoms with E-state index in [0.717, 1.165) is 92.6 Å². The summed E-state index contributed by atoms with van der Waals surface area (Å²) in [5.74, 6) is 1.09. The van der Waals surface area contributed by atoms with Gasteiger partial charge in [0.25, 0.3) is 0 Å². The van der Waals surface area contributed by atoms with E-state index in [1.165, 1.54) is 5.56 Å².